The van der Waals surface area contributed by atoms with E-state index in [0.29, 0.717) is 11.5 Å². The minimum absolute atomic E-state index is 0.0217. The molecule has 0 aromatic heterocycles. The van der Waals surface area contributed by atoms with Crippen LogP contribution in [0.15, 0.2) is 48.5 Å². The van der Waals surface area contributed by atoms with Crippen molar-refractivity contribution in [2.24, 2.45) is 0 Å². The first-order valence-electron chi connectivity index (χ1n) is 9.94. The number of hydrogen-bond donors (Lipinski definition) is 3. The molecule has 2 aromatic rings. The van der Waals surface area contributed by atoms with Crippen molar-refractivity contribution in [3.05, 3.63) is 59.7 Å². The summed E-state index contributed by atoms with van der Waals surface area (Å²) >= 11 is 0. The minimum Gasteiger partial charge on any atom is -0.496 e. The third-order valence-electron chi connectivity index (χ3n) is 4.05. The largest absolute Gasteiger partial charge is 0.496 e. The van der Waals surface area contributed by atoms with Crippen molar-refractivity contribution in [3.8, 4) is 11.5 Å². The van der Waals surface area contributed by atoms with E-state index in [4.69, 9.17) is 24.4 Å². The number of methoxy groups -OCH3 is 2. The van der Waals surface area contributed by atoms with Crippen LogP contribution in [-0.4, -0.2) is 60.4 Å². The lowest BCUT2D eigenvalue weighted by Gasteiger charge is -2.12. The standard InChI is InChI=1S/C12H13NO6.C11H12O5/c14-10(15)6-9(11(16)17)13-12(18)19-7-8-4-2-1-3-5-8;1-7(12)16-11(13)10-8(14-2)5-4-6-9(10)15-3/h1-5,9H,6-7H2,(H,13,18)(H,14,15)(H,16,17);4-6H,1-3H3/t9-;/m0./s1. The van der Waals surface area contributed by atoms with Gasteiger partial charge in [-0.05, 0) is 17.7 Å². The number of hydrogen-bond acceptors (Lipinski definition) is 9. The first-order chi connectivity index (χ1) is 16.6. The molecule has 2 rings (SSSR count). The average molecular weight is 491 g/mol. The Labute approximate surface area is 200 Å². The molecule has 0 spiro atoms. The second kappa shape index (κ2) is 14.5. The summed E-state index contributed by atoms with van der Waals surface area (Å²) in [4.78, 5) is 54.8. The van der Waals surface area contributed by atoms with Gasteiger partial charge in [-0.25, -0.2) is 14.4 Å². The predicted molar refractivity (Wildman–Crippen MR) is 119 cm³/mol. The number of aliphatic carboxylic acids is 2. The van der Waals surface area contributed by atoms with Gasteiger partial charge in [-0.15, -0.1) is 0 Å². The van der Waals surface area contributed by atoms with E-state index in [0.717, 1.165) is 12.5 Å². The molecule has 0 saturated carbocycles. The molecule has 0 aliphatic heterocycles. The smallest absolute Gasteiger partial charge is 0.408 e. The lowest BCUT2D eigenvalue weighted by atomic mass is 10.2. The van der Waals surface area contributed by atoms with Gasteiger partial charge in [0.15, 0.2) is 0 Å². The zero-order valence-electron chi connectivity index (χ0n) is 19.2. The van der Waals surface area contributed by atoms with Gasteiger partial charge in [-0.2, -0.15) is 0 Å². The van der Waals surface area contributed by atoms with Crippen molar-refractivity contribution in [2.45, 2.75) is 26.0 Å². The van der Waals surface area contributed by atoms with Crippen LogP contribution in [-0.2, 0) is 30.5 Å². The van der Waals surface area contributed by atoms with Gasteiger partial charge in [0.2, 0.25) is 0 Å². The van der Waals surface area contributed by atoms with Crippen LogP contribution in [0.4, 0.5) is 4.79 Å². The molecule has 3 N–H and O–H groups in total. The van der Waals surface area contributed by atoms with Crippen LogP contribution < -0.4 is 14.8 Å². The lowest BCUT2D eigenvalue weighted by Crippen LogP contribution is -2.42. The summed E-state index contributed by atoms with van der Waals surface area (Å²) in [6.07, 6.45) is -1.69. The van der Waals surface area contributed by atoms with Crippen LogP contribution in [0.1, 0.15) is 29.3 Å². The zero-order chi connectivity index (χ0) is 26.4. The number of alkyl carbamates (subject to hydrolysis) is 1. The Hall–Kier alpha value is -4.61. The fourth-order valence-electron chi connectivity index (χ4n) is 2.52. The molecule has 12 nitrogen and oxygen atoms in total. The number of carbonyl (C=O) groups excluding carboxylic acids is 3. The molecule has 0 radical (unpaired) electrons. The topological polar surface area (TPSA) is 175 Å². The molecule has 0 heterocycles. The molecule has 0 bridgehead atoms. The monoisotopic (exact) mass is 491 g/mol. The normalized spacial score (nSPS) is 10.5. The van der Waals surface area contributed by atoms with Crippen molar-refractivity contribution in [3.63, 3.8) is 0 Å². The van der Waals surface area contributed by atoms with E-state index in [1.165, 1.54) is 14.2 Å². The van der Waals surface area contributed by atoms with Crippen molar-refractivity contribution in [2.75, 3.05) is 14.2 Å². The molecule has 188 valence electrons. The Bertz CT molecular complexity index is 1010. The molecule has 0 aliphatic carbocycles. The number of rotatable bonds is 9. The van der Waals surface area contributed by atoms with E-state index >= 15 is 0 Å². The molecule has 2 aromatic carbocycles. The Balaban J connectivity index is 0.000000355. The summed E-state index contributed by atoms with van der Waals surface area (Å²) in [5, 5.41) is 19.2. The number of carboxylic acid groups (broad SMARTS) is 2. The Kier molecular flexibility index (Phi) is 11.8. The summed E-state index contributed by atoms with van der Waals surface area (Å²) in [6.45, 7) is 1.13. The molecular weight excluding hydrogens is 466 g/mol. The molecule has 12 heteroatoms. The highest BCUT2D eigenvalue weighted by atomic mass is 16.6. The van der Waals surface area contributed by atoms with Gasteiger partial charge < -0.3 is 34.5 Å². The van der Waals surface area contributed by atoms with Crippen LogP contribution in [0, 0.1) is 0 Å². The van der Waals surface area contributed by atoms with Gasteiger partial charge in [-0.1, -0.05) is 36.4 Å². The Morgan fingerprint density at radius 1 is 0.886 bits per heavy atom. The number of ether oxygens (including phenoxy) is 4. The summed E-state index contributed by atoms with van der Waals surface area (Å²) in [7, 11) is 2.83. The van der Waals surface area contributed by atoms with Gasteiger partial charge >= 0.3 is 30.0 Å². The highest BCUT2D eigenvalue weighted by Gasteiger charge is 2.23. The second-order valence-electron chi connectivity index (χ2n) is 6.61. The molecule has 0 aliphatic rings. The Morgan fingerprint density at radius 3 is 1.91 bits per heavy atom. The molecule has 0 saturated heterocycles. The quantitative estimate of drug-likeness (QED) is 0.346. The lowest BCUT2D eigenvalue weighted by molar-refractivity contribution is -0.145. The van der Waals surface area contributed by atoms with E-state index in [-0.39, 0.29) is 12.2 Å². The maximum Gasteiger partial charge on any atom is 0.408 e. The number of nitrogens with one attached hydrogen (secondary N) is 1. The summed E-state index contributed by atoms with van der Waals surface area (Å²) in [6, 6.07) is 12.1. The minimum atomic E-state index is -1.51. The van der Waals surface area contributed by atoms with Crippen LogP contribution >= 0.6 is 0 Å². The maximum absolute atomic E-state index is 11.6. The van der Waals surface area contributed by atoms with Gasteiger partial charge in [0.25, 0.3) is 0 Å². The van der Waals surface area contributed by atoms with E-state index in [1.54, 1.807) is 48.5 Å². The predicted octanol–water partition coefficient (Wildman–Crippen LogP) is 2.25. The van der Waals surface area contributed by atoms with Crippen molar-refractivity contribution >= 4 is 30.0 Å². The van der Waals surface area contributed by atoms with E-state index < -0.39 is 42.4 Å². The first-order valence-corrected chi connectivity index (χ1v) is 9.94. The second-order valence-corrected chi connectivity index (χ2v) is 6.61. The van der Waals surface area contributed by atoms with E-state index in [1.807, 2.05) is 5.32 Å². The van der Waals surface area contributed by atoms with Crippen molar-refractivity contribution < 1.29 is 53.1 Å². The average Bonchev–Trinajstić information content (AvgIpc) is 2.82. The maximum atomic E-state index is 11.6. The molecular formula is C23H25NO11. The van der Waals surface area contributed by atoms with Gasteiger partial charge in [0.1, 0.15) is 29.7 Å². The highest BCUT2D eigenvalue weighted by Crippen LogP contribution is 2.28. The van der Waals surface area contributed by atoms with Crippen LogP contribution in [0.5, 0.6) is 11.5 Å². The van der Waals surface area contributed by atoms with Gasteiger partial charge in [0.05, 0.1) is 20.6 Å². The number of benzene rings is 2. The molecule has 1 atom stereocenters. The third-order valence-corrected chi connectivity index (χ3v) is 4.05. The third kappa shape index (κ3) is 10.2. The number of carbonyl (C=O) groups is 5. The number of amides is 1. The van der Waals surface area contributed by atoms with E-state index in [2.05, 4.69) is 4.74 Å². The molecule has 0 fully saturated rings. The summed E-state index contributed by atoms with van der Waals surface area (Å²) in [5.41, 5.74) is 0.838. The molecule has 0 unspecified atom stereocenters. The fraction of sp³-hybridized carbons (Fsp3) is 0.261. The fourth-order valence-corrected chi connectivity index (χ4v) is 2.52. The van der Waals surface area contributed by atoms with Crippen LogP contribution in [0.3, 0.4) is 0 Å². The van der Waals surface area contributed by atoms with Crippen molar-refractivity contribution in [1.82, 2.24) is 5.32 Å². The molecule has 35 heavy (non-hydrogen) atoms. The Morgan fingerprint density at radius 2 is 1.46 bits per heavy atom. The van der Waals surface area contributed by atoms with Gasteiger partial charge in [0, 0.05) is 6.92 Å². The number of carboxylic acids is 2. The van der Waals surface area contributed by atoms with Gasteiger partial charge in [-0.3, -0.25) is 9.59 Å². The summed E-state index contributed by atoms with van der Waals surface area (Å²) in [5.74, 6) is -3.63. The SMILES string of the molecule is COc1cccc(OC)c1C(=O)OC(C)=O.O=C(O)C[C@H](NC(=O)OCc1ccccc1)C(=O)O. The molecule has 1 amide bonds. The van der Waals surface area contributed by atoms with Crippen molar-refractivity contribution in [1.29, 1.82) is 0 Å². The highest BCUT2D eigenvalue weighted by molar-refractivity contribution is 6.00. The zero-order valence-corrected chi connectivity index (χ0v) is 19.2. The summed E-state index contributed by atoms with van der Waals surface area (Å²) < 4.78 is 19.3. The first kappa shape index (κ1) is 28.4. The van der Waals surface area contributed by atoms with Crippen LogP contribution in [0.2, 0.25) is 0 Å². The number of esters is 2. The van der Waals surface area contributed by atoms with Crippen LogP contribution in [0.25, 0.3) is 0 Å². The van der Waals surface area contributed by atoms with E-state index in [9.17, 15) is 24.0 Å².